The van der Waals surface area contributed by atoms with E-state index < -0.39 is 6.23 Å². The highest BCUT2D eigenvalue weighted by Gasteiger charge is 2.27. The molecule has 3 N–H and O–H groups in total. The summed E-state index contributed by atoms with van der Waals surface area (Å²) in [6, 6.07) is 12.8. The number of fused-ring (bicyclic) bond motifs is 3. The van der Waals surface area contributed by atoms with Gasteiger partial charge in [-0.25, -0.2) is 9.98 Å². The summed E-state index contributed by atoms with van der Waals surface area (Å²) in [5, 5.41) is 32.9. The summed E-state index contributed by atoms with van der Waals surface area (Å²) in [4.78, 5) is 9.30. The second kappa shape index (κ2) is 8.13. The fourth-order valence-electron chi connectivity index (χ4n) is 4.52. The van der Waals surface area contributed by atoms with Gasteiger partial charge < -0.3 is 20.1 Å². The number of nitrogens with zero attached hydrogens (tertiary/aromatic N) is 2. The van der Waals surface area contributed by atoms with Gasteiger partial charge in [-0.15, -0.1) is 0 Å². The molecule has 0 fully saturated rings. The van der Waals surface area contributed by atoms with Gasteiger partial charge >= 0.3 is 0 Å². The lowest BCUT2D eigenvalue weighted by atomic mass is 9.86. The van der Waals surface area contributed by atoms with E-state index in [1.807, 2.05) is 13.0 Å². The summed E-state index contributed by atoms with van der Waals surface area (Å²) in [6.45, 7) is 2.37. The molecule has 3 aromatic carbocycles. The van der Waals surface area contributed by atoms with E-state index in [9.17, 15) is 15.3 Å². The molecule has 1 atom stereocenters. The summed E-state index contributed by atoms with van der Waals surface area (Å²) in [7, 11) is 0. The Kier molecular flexibility index (Phi) is 5.15. The number of hydrogen-bond donors (Lipinski definition) is 3. The van der Waals surface area contributed by atoms with Gasteiger partial charge in [0.1, 0.15) is 22.8 Å². The van der Waals surface area contributed by atoms with Crippen LogP contribution in [0.4, 0.5) is 0 Å². The van der Waals surface area contributed by atoms with Crippen LogP contribution in [0.3, 0.4) is 0 Å². The van der Waals surface area contributed by atoms with Crippen LogP contribution in [0.1, 0.15) is 42.0 Å². The van der Waals surface area contributed by atoms with Gasteiger partial charge in [-0.1, -0.05) is 36.4 Å². The molecule has 0 saturated heterocycles. The second-order valence-electron chi connectivity index (χ2n) is 7.96. The van der Waals surface area contributed by atoms with Gasteiger partial charge in [0.2, 0.25) is 0 Å². The van der Waals surface area contributed by atoms with Crippen molar-refractivity contribution in [2.45, 2.75) is 32.4 Å². The summed E-state index contributed by atoms with van der Waals surface area (Å²) >= 11 is 0. The van der Waals surface area contributed by atoms with E-state index in [2.05, 4.69) is 41.4 Å². The molecule has 6 nitrogen and oxygen atoms in total. The topological polar surface area (TPSA) is 94.6 Å². The number of aryl methyl sites for hydroxylation is 1. The predicted molar refractivity (Wildman–Crippen MR) is 126 cm³/mol. The molecule has 5 rings (SSSR count). The predicted octanol–water partition coefficient (Wildman–Crippen LogP) is 4.92. The maximum absolute atomic E-state index is 10.4. The lowest BCUT2D eigenvalue weighted by Gasteiger charge is -2.24. The Morgan fingerprint density at radius 1 is 1.06 bits per heavy atom. The summed E-state index contributed by atoms with van der Waals surface area (Å²) in [5.41, 5.74) is 4.31. The van der Waals surface area contributed by atoms with Crippen molar-refractivity contribution in [3.05, 3.63) is 70.8 Å². The monoisotopic (exact) mass is 428 g/mol. The summed E-state index contributed by atoms with van der Waals surface area (Å²) < 4.78 is 5.82. The first-order valence-corrected chi connectivity index (χ1v) is 10.8. The zero-order valence-electron chi connectivity index (χ0n) is 17.7. The minimum absolute atomic E-state index is 0.0786. The van der Waals surface area contributed by atoms with Crippen molar-refractivity contribution in [1.82, 2.24) is 0 Å². The van der Waals surface area contributed by atoms with E-state index in [0.717, 1.165) is 47.2 Å². The minimum atomic E-state index is -0.496. The van der Waals surface area contributed by atoms with E-state index in [0.29, 0.717) is 13.0 Å². The number of benzene rings is 3. The highest BCUT2D eigenvalue weighted by atomic mass is 16.5. The van der Waals surface area contributed by atoms with E-state index in [1.165, 1.54) is 10.9 Å². The van der Waals surface area contributed by atoms with Gasteiger partial charge in [-0.3, -0.25) is 0 Å². The van der Waals surface area contributed by atoms with Crippen molar-refractivity contribution >= 4 is 28.4 Å². The zero-order chi connectivity index (χ0) is 22.2. The number of amidine groups is 1. The van der Waals surface area contributed by atoms with Crippen molar-refractivity contribution in [3.63, 3.8) is 0 Å². The summed E-state index contributed by atoms with van der Waals surface area (Å²) in [6.07, 6.45) is 6.27. The van der Waals surface area contributed by atoms with E-state index >= 15 is 0 Å². The first-order valence-electron chi connectivity index (χ1n) is 10.8. The molecule has 0 radical (unpaired) electrons. The standard InChI is InChI=1S/C26H24N2O4/c1-2-32-24-14-21(27-26(28-24)25-22(30)12-16(29)13-23(25)31)20-11-15-7-3-4-8-17(15)18-9-5-6-10-19(18)20/h3-4,6-8,10-13,24,29-31H,2,5,9,14H2,1H3. The van der Waals surface area contributed by atoms with E-state index in [1.54, 1.807) is 0 Å². The Bertz CT molecular complexity index is 1280. The third-order valence-corrected chi connectivity index (χ3v) is 5.90. The Hall–Kier alpha value is -3.64. The van der Waals surface area contributed by atoms with Crippen molar-refractivity contribution in [3.8, 4) is 17.2 Å². The zero-order valence-corrected chi connectivity index (χ0v) is 17.7. The van der Waals surface area contributed by atoms with Gasteiger partial charge in [-0.2, -0.15) is 0 Å². The molecule has 6 heteroatoms. The fourth-order valence-corrected chi connectivity index (χ4v) is 4.52. The number of ether oxygens (including phenoxy) is 1. The molecular formula is C26H24N2O4. The molecule has 162 valence electrons. The van der Waals surface area contributed by atoms with Gasteiger partial charge in [0.25, 0.3) is 0 Å². The first-order chi connectivity index (χ1) is 15.5. The molecule has 0 bridgehead atoms. The van der Waals surface area contributed by atoms with Crippen LogP contribution in [0, 0.1) is 0 Å². The molecule has 1 unspecified atom stereocenters. The average Bonchev–Trinajstić information content (AvgIpc) is 2.78. The number of phenols is 3. The quantitative estimate of drug-likeness (QED) is 0.550. The number of phenolic OH excluding ortho intramolecular Hbond substituents is 3. The molecule has 0 saturated carbocycles. The molecular weight excluding hydrogens is 404 g/mol. The number of rotatable bonds is 4. The van der Waals surface area contributed by atoms with Crippen LogP contribution in [0.25, 0.3) is 16.8 Å². The highest BCUT2D eigenvalue weighted by molar-refractivity contribution is 6.18. The molecule has 0 spiro atoms. The Labute approximate surface area is 185 Å². The van der Waals surface area contributed by atoms with Crippen LogP contribution in [0.5, 0.6) is 17.2 Å². The van der Waals surface area contributed by atoms with Crippen LogP contribution in [0.15, 0.2) is 58.5 Å². The Morgan fingerprint density at radius 2 is 1.84 bits per heavy atom. The van der Waals surface area contributed by atoms with E-state index in [-0.39, 0.29) is 28.6 Å². The molecule has 1 aliphatic heterocycles. The minimum Gasteiger partial charge on any atom is -0.508 e. The van der Waals surface area contributed by atoms with Crippen LogP contribution < -0.4 is 0 Å². The lowest BCUT2D eigenvalue weighted by Crippen LogP contribution is -2.25. The van der Waals surface area contributed by atoms with E-state index in [4.69, 9.17) is 9.73 Å². The Morgan fingerprint density at radius 3 is 2.62 bits per heavy atom. The molecule has 0 aromatic heterocycles. The van der Waals surface area contributed by atoms with Crippen molar-refractivity contribution in [2.24, 2.45) is 9.98 Å². The number of aliphatic imine (C=N–C) groups is 2. The highest BCUT2D eigenvalue weighted by Crippen LogP contribution is 2.36. The SMILES string of the molecule is CCOC1CC(c2cc3ccccc3c3c2C=CCC3)=NC(c2c(O)cc(O)cc2O)=N1. The third-order valence-electron chi connectivity index (χ3n) is 5.90. The third kappa shape index (κ3) is 3.52. The molecule has 2 aliphatic rings. The molecule has 1 aliphatic carbocycles. The maximum atomic E-state index is 10.4. The van der Waals surface area contributed by atoms with Crippen LogP contribution in [-0.4, -0.2) is 39.7 Å². The fraction of sp³-hybridized carbons (Fsp3) is 0.231. The summed E-state index contributed by atoms with van der Waals surface area (Å²) in [5.74, 6) is -0.635. The number of aromatic hydroxyl groups is 3. The van der Waals surface area contributed by atoms with Gasteiger partial charge in [-0.05, 0) is 47.7 Å². The van der Waals surface area contributed by atoms with Crippen molar-refractivity contribution < 1.29 is 20.1 Å². The largest absolute Gasteiger partial charge is 0.508 e. The molecule has 3 aromatic rings. The first kappa shape index (κ1) is 20.3. The van der Waals surface area contributed by atoms with Gasteiger partial charge in [0, 0.05) is 30.7 Å². The molecule has 0 amide bonds. The van der Waals surface area contributed by atoms with Crippen LogP contribution in [-0.2, 0) is 11.2 Å². The van der Waals surface area contributed by atoms with Crippen LogP contribution in [0.2, 0.25) is 0 Å². The van der Waals surface area contributed by atoms with Gasteiger partial charge in [0.05, 0.1) is 5.71 Å². The maximum Gasteiger partial charge on any atom is 0.164 e. The normalized spacial score (nSPS) is 17.7. The second-order valence-corrected chi connectivity index (χ2v) is 7.96. The average molecular weight is 428 g/mol. The molecule has 1 heterocycles. The number of allylic oxidation sites excluding steroid dienone is 1. The number of hydrogen-bond acceptors (Lipinski definition) is 6. The van der Waals surface area contributed by atoms with Crippen LogP contribution >= 0.6 is 0 Å². The van der Waals surface area contributed by atoms with Crippen molar-refractivity contribution in [1.29, 1.82) is 0 Å². The lowest BCUT2D eigenvalue weighted by molar-refractivity contribution is 0.0740. The van der Waals surface area contributed by atoms with Gasteiger partial charge in [0.15, 0.2) is 12.1 Å². The smallest absolute Gasteiger partial charge is 0.164 e. The molecule has 32 heavy (non-hydrogen) atoms. The van der Waals surface area contributed by atoms with Crippen molar-refractivity contribution in [2.75, 3.05) is 6.61 Å². The Balaban J connectivity index is 1.71.